The van der Waals surface area contributed by atoms with Gasteiger partial charge in [-0.1, -0.05) is 6.07 Å². The van der Waals surface area contributed by atoms with Gasteiger partial charge >= 0.3 is 0 Å². The smallest absolute Gasteiger partial charge is 0.191 e. The topological polar surface area (TPSA) is 58.1 Å². The minimum Gasteiger partial charge on any atom is -0.493 e. The molecule has 2 aromatic rings. The van der Waals surface area contributed by atoms with E-state index in [-0.39, 0.29) is 24.0 Å². The monoisotopic (exact) mass is 544 g/mol. The fourth-order valence-electron chi connectivity index (χ4n) is 3.60. The molecule has 1 atom stereocenters. The highest BCUT2D eigenvalue weighted by molar-refractivity contribution is 14.0. The average Bonchev–Trinajstić information content (AvgIpc) is 3.23. The summed E-state index contributed by atoms with van der Waals surface area (Å²) in [5.74, 6) is 2.35. The van der Waals surface area contributed by atoms with Gasteiger partial charge in [0.2, 0.25) is 0 Å². The van der Waals surface area contributed by atoms with Gasteiger partial charge in [-0.15, -0.1) is 35.3 Å². The van der Waals surface area contributed by atoms with Crippen molar-refractivity contribution in [3.05, 3.63) is 45.6 Å². The molecule has 166 valence electrons. The van der Waals surface area contributed by atoms with Gasteiger partial charge in [-0.2, -0.15) is 0 Å². The van der Waals surface area contributed by atoms with E-state index in [1.165, 1.54) is 11.1 Å². The van der Waals surface area contributed by atoms with Crippen LogP contribution in [0.4, 0.5) is 0 Å². The first kappa shape index (κ1) is 24.7. The number of nitrogens with zero attached hydrogens (tertiary/aromatic N) is 2. The molecule has 2 N–H and O–H groups in total. The highest BCUT2D eigenvalue weighted by Gasteiger charge is 2.21. The van der Waals surface area contributed by atoms with Gasteiger partial charge in [-0.3, -0.25) is 9.89 Å². The summed E-state index contributed by atoms with van der Waals surface area (Å²) in [5.41, 5.74) is 2.68. The minimum atomic E-state index is 0. The van der Waals surface area contributed by atoms with Crippen LogP contribution in [0.15, 0.2) is 34.6 Å². The van der Waals surface area contributed by atoms with Gasteiger partial charge in [-0.25, -0.2) is 0 Å². The molecular formula is C22H33IN4O2S. The lowest BCUT2D eigenvalue weighted by molar-refractivity contribution is 0.192. The molecule has 1 aromatic carbocycles. The van der Waals surface area contributed by atoms with Crippen LogP contribution in [0.1, 0.15) is 22.9 Å². The number of ether oxygens (including phenoxy) is 2. The van der Waals surface area contributed by atoms with Crippen LogP contribution in [0.5, 0.6) is 11.5 Å². The Morgan fingerprint density at radius 1 is 1.20 bits per heavy atom. The van der Waals surface area contributed by atoms with Crippen molar-refractivity contribution < 1.29 is 9.47 Å². The van der Waals surface area contributed by atoms with E-state index in [9.17, 15) is 0 Å². The number of thiophene rings is 1. The first-order valence-electron chi connectivity index (χ1n) is 10.1. The first-order chi connectivity index (χ1) is 14.1. The predicted molar refractivity (Wildman–Crippen MR) is 136 cm³/mol. The molecule has 0 amide bonds. The lowest BCUT2D eigenvalue weighted by Crippen LogP contribution is -2.47. The molecule has 1 aliphatic heterocycles. The molecule has 0 saturated heterocycles. The Hall–Kier alpha value is -1.52. The molecule has 1 unspecified atom stereocenters. The summed E-state index contributed by atoms with van der Waals surface area (Å²) in [6.07, 6.45) is 2.04. The maximum Gasteiger partial charge on any atom is 0.191 e. The number of aliphatic imine (C=N–C) groups is 1. The summed E-state index contributed by atoms with van der Waals surface area (Å²) >= 11 is 1.89. The Kier molecular flexibility index (Phi) is 10.2. The van der Waals surface area contributed by atoms with Gasteiger partial charge in [-0.05, 0) is 54.5 Å². The minimum absolute atomic E-state index is 0. The van der Waals surface area contributed by atoms with Crippen molar-refractivity contribution in [1.82, 2.24) is 15.5 Å². The number of rotatable bonds is 8. The Morgan fingerprint density at radius 2 is 2.00 bits per heavy atom. The van der Waals surface area contributed by atoms with Crippen molar-refractivity contribution in [2.24, 2.45) is 4.99 Å². The molecule has 1 aromatic heterocycles. The van der Waals surface area contributed by atoms with Gasteiger partial charge in [0, 0.05) is 44.1 Å². The number of hydrogen-bond donors (Lipinski definition) is 2. The lowest BCUT2D eigenvalue weighted by Gasteiger charge is -2.32. The number of guanidine groups is 1. The van der Waals surface area contributed by atoms with Crippen molar-refractivity contribution >= 4 is 41.3 Å². The Balaban J connectivity index is 0.00000320. The van der Waals surface area contributed by atoms with Crippen molar-refractivity contribution in [3.63, 3.8) is 0 Å². The SMILES string of the molecule is CN=C(NCCc1ccc(OC)c(OC)c1)NCC(C)N1CCc2sccc2C1.I. The van der Waals surface area contributed by atoms with Gasteiger partial charge in [0.25, 0.3) is 0 Å². The van der Waals surface area contributed by atoms with Crippen molar-refractivity contribution in [3.8, 4) is 11.5 Å². The van der Waals surface area contributed by atoms with E-state index in [4.69, 9.17) is 9.47 Å². The fraction of sp³-hybridized carbons (Fsp3) is 0.500. The second-order valence-corrected chi connectivity index (χ2v) is 8.26. The van der Waals surface area contributed by atoms with Crippen LogP contribution in [-0.4, -0.2) is 57.8 Å². The third-order valence-corrected chi connectivity index (χ3v) is 6.43. The molecule has 0 fully saturated rings. The molecule has 0 saturated carbocycles. The first-order valence-corrected chi connectivity index (χ1v) is 11.0. The van der Waals surface area contributed by atoms with E-state index in [0.717, 1.165) is 56.5 Å². The van der Waals surface area contributed by atoms with E-state index in [1.807, 2.05) is 30.5 Å². The molecule has 8 heteroatoms. The van der Waals surface area contributed by atoms with Crippen molar-refractivity contribution in [1.29, 1.82) is 0 Å². The van der Waals surface area contributed by atoms with Crippen LogP contribution in [-0.2, 0) is 19.4 Å². The zero-order chi connectivity index (χ0) is 20.6. The molecule has 2 heterocycles. The summed E-state index contributed by atoms with van der Waals surface area (Å²) in [6, 6.07) is 8.75. The Bertz CT molecular complexity index is 827. The van der Waals surface area contributed by atoms with Crippen LogP contribution < -0.4 is 20.1 Å². The number of fused-ring (bicyclic) bond motifs is 1. The molecule has 0 aliphatic carbocycles. The molecule has 0 radical (unpaired) electrons. The van der Waals surface area contributed by atoms with E-state index < -0.39 is 0 Å². The van der Waals surface area contributed by atoms with Crippen molar-refractivity contribution in [2.45, 2.75) is 32.4 Å². The van der Waals surface area contributed by atoms with Gasteiger partial charge in [0.1, 0.15) is 0 Å². The van der Waals surface area contributed by atoms with Crippen LogP contribution in [0.2, 0.25) is 0 Å². The number of halogens is 1. The zero-order valence-corrected chi connectivity index (χ0v) is 21.4. The molecule has 1 aliphatic rings. The highest BCUT2D eigenvalue weighted by Crippen LogP contribution is 2.27. The number of hydrogen-bond acceptors (Lipinski definition) is 5. The van der Waals surface area contributed by atoms with Crippen LogP contribution in [0.25, 0.3) is 0 Å². The van der Waals surface area contributed by atoms with E-state index in [2.05, 4.69) is 45.0 Å². The quantitative estimate of drug-likeness (QED) is 0.303. The maximum absolute atomic E-state index is 5.38. The summed E-state index contributed by atoms with van der Waals surface area (Å²) < 4.78 is 10.7. The van der Waals surface area contributed by atoms with Gasteiger partial charge < -0.3 is 20.1 Å². The number of nitrogens with one attached hydrogen (secondary N) is 2. The normalized spacial score (nSPS) is 15.0. The summed E-state index contributed by atoms with van der Waals surface area (Å²) in [5, 5.41) is 9.08. The summed E-state index contributed by atoms with van der Waals surface area (Å²) in [6.45, 7) is 6.12. The third-order valence-electron chi connectivity index (χ3n) is 5.40. The average molecular weight is 545 g/mol. The van der Waals surface area contributed by atoms with Crippen LogP contribution >= 0.6 is 35.3 Å². The van der Waals surface area contributed by atoms with Crippen LogP contribution in [0.3, 0.4) is 0 Å². The standard InChI is InChI=1S/C22H32N4O2S.HI/c1-16(26-11-8-21-18(15-26)9-12-29-21)14-25-22(23-2)24-10-7-17-5-6-19(27-3)20(13-17)28-4;/h5-6,9,12-13,16H,7-8,10-11,14-15H2,1-4H3,(H2,23,24,25);1H. The van der Waals surface area contributed by atoms with Crippen LogP contribution in [0, 0.1) is 0 Å². The maximum atomic E-state index is 5.38. The third kappa shape index (κ3) is 6.49. The molecular weight excluding hydrogens is 511 g/mol. The van der Waals surface area contributed by atoms with Gasteiger partial charge in [0.05, 0.1) is 14.2 Å². The summed E-state index contributed by atoms with van der Waals surface area (Å²) in [7, 11) is 5.13. The molecule has 0 spiro atoms. The Morgan fingerprint density at radius 3 is 2.73 bits per heavy atom. The highest BCUT2D eigenvalue weighted by atomic mass is 127. The largest absolute Gasteiger partial charge is 0.493 e. The lowest BCUT2D eigenvalue weighted by atomic mass is 10.1. The zero-order valence-electron chi connectivity index (χ0n) is 18.2. The molecule has 30 heavy (non-hydrogen) atoms. The molecule has 3 rings (SSSR count). The van der Waals surface area contributed by atoms with E-state index in [1.54, 1.807) is 19.1 Å². The van der Waals surface area contributed by atoms with E-state index in [0.29, 0.717) is 6.04 Å². The molecule has 6 nitrogen and oxygen atoms in total. The van der Waals surface area contributed by atoms with E-state index >= 15 is 0 Å². The summed E-state index contributed by atoms with van der Waals surface area (Å²) in [4.78, 5) is 8.45. The molecule has 0 bridgehead atoms. The Labute approximate surface area is 201 Å². The number of methoxy groups -OCH3 is 2. The van der Waals surface area contributed by atoms with Gasteiger partial charge in [0.15, 0.2) is 17.5 Å². The second kappa shape index (κ2) is 12.4. The van der Waals surface area contributed by atoms with Crippen molar-refractivity contribution in [2.75, 3.05) is 40.9 Å². The number of benzene rings is 1. The second-order valence-electron chi connectivity index (χ2n) is 7.26. The fourth-order valence-corrected chi connectivity index (χ4v) is 4.49. The predicted octanol–water partition coefficient (Wildman–Crippen LogP) is 3.54.